The summed E-state index contributed by atoms with van der Waals surface area (Å²) in [5.41, 5.74) is 11.8. The van der Waals surface area contributed by atoms with Gasteiger partial charge in [0.1, 0.15) is 0 Å². The van der Waals surface area contributed by atoms with Gasteiger partial charge in [0, 0.05) is 41.1 Å². The monoisotopic (exact) mass is 501 g/mol. The summed E-state index contributed by atoms with van der Waals surface area (Å²) in [5, 5.41) is 5.31. The third-order valence-electron chi connectivity index (χ3n) is 7.95. The van der Waals surface area contributed by atoms with E-state index in [1.165, 1.54) is 66.1 Å². The largest absolute Gasteiger partial charge is 0.344 e. The van der Waals surface area contributed by atoms with Gasteiger partial charge in [-0.15, -0.1) is 24.8 Å². The van der Waals surface area contributed by atoms with Gasteiger partial charge in [-0.25, -0.2) is 0 Å². The normalized spacial score (nSPS) is 21.7. The number of nitrogens with two attached hydrogens (primary N) is 1. The zero-order valence-electron chi connectivity index (χ0n) is 20.4. The van der Waals surface area contributed by atoms with Crippen LogP contribution >= 0.6 is 24.8 Å². The van der Waals surface area contributed by atoms with Crippen molar-refractivity contribution in [1.82, 2.24) is 9.88 Å². The summed E-state index contributed by atoms with van der Waals surface area (Å²) < 4.78 is 2.61. The summed E-state index contributed by atoms with van der Waals surface area (Å²) in [6, 6.07) is 20.0. The third kappa shape index (κ3) is 5.99. The first-order chi connectivity index (χ1) is 15.7. The third-order valence-corrected chi connectivity index (χ3v) is 7.95. The zero-order valence-corrected chi connectivity index (χ0v) is 22.1. The lowest BCUT2D eigenvalue weighted by molar-refractivity contribution is 0.340. The Morgan fingerprint density at radius 3 is 2.41 bits per heavy atom. The molecule has 1 atom stereocenters. The van der Waals surface area contributed by atoms with E-state index >= 15 is 0 Å². The average Bonchev–Trinajstić information content (AvgIpc) is 3.46. The number of nitrogens with zero attached hydrogens (tertiary/aromatic N) is 1. The molecule has 0 bridgehead atoms. The minimum atomic E-state index is 0. The van der Waals surface area contributed by atoms with E-state index in [1.54, 1.807) is 0 Å². The number of halogens is 2. The number of aryl methyl sites for hydroxylation is 1. The van der Waals surface area contributed by atoms with Crippen molar-refractivity contribution in [1.29, 1.82) is 0 Å². The smallest absolute Gasteiger partial charge is 0.0485 e. The number of benzene rings is 2. The molecule has 2 saturated carbocycles. The van der Waals surface area contributed by atoms with Crippen LogP contribution in [0, 0.1) is 6.92 Å². The fourth-order valence-corrected chi connectivity index (χ4v) is 6.14. The Hall–Kier alpha value is -1.52. The molecule has 0 spiro atoms. The van der Waals surface area contributed by atoms with E-state index in [9.17, 15) is 0 Å². The molecule has 2 aromatic carbocycles. The fourth-order valence-electron chi connectivity index (χ4n) is 6.14. The van der Waals surface area contributed by atoms with Crippen LogP contribution in [0.5, 0.6) is 0 Å². The highest BCUT2D eigenvalue weighted by Crippen LogP contribution is 2.39. The number of nitrogens with one attached hydrogen (secondary N) is 1. The van der Waals surface area contributed by atoms with Gasteiger partial charge in [-0.05, 0) is 75.6 Å². The second kappa shape index (κ2) is 12.4. The molecule has 2 aliphatic carbocycles. The molecule has 1 unspecified atom stereocenters. The van der Waals surface area contributed by atoms with Crippen molar-refractivity contribution < 1.29 is 0 Å². The van der Waals surface area contributed by atoms with Crippen LogP contribution in [0.25, 0.3) is 10.9 Å². The van der Waals surface area contributed by atoms with E-state index in [-0.39, 0.29) is 24.8 Å². The van der Waals surface area contributed by atoms with Crippen molar-refractivity contribution in [2.75, 3.05) is 6.54 Å². The molecule has 34 heavy (non-hydrogen) atoms. The molecule has 1 heterocycles. The number of aromatic nitrogens is 1. The molecule has 2 fully saturated rings. The Balaban J connectivity index is 0.00000162. The van der Waals surface area contributed by atoms with Gasteiger partial charge in [-0.2, -0.15) is 0 Å². The minimum Gasteiger partial charge on any atom is -0.344 e. The van der Waals surface area contributed by atoms with Gasteiger partial charge in [0.15, 0.2) is 0 Å². The predicted octanol–water partition coefficient (Wildman–Crippen LogP) is 7.29. The SMILES string of the molecule is Cc1cccc(C(CCNC2CCC(N)CC2)c2cn(C3CCCC3)c3ccccc23)c1.Cl.Cl. The number of rotatable bonds is 7. The molecular weight excluding hydrogens is 461 g/mol. The number of fused-ring (bicyclic) bond motifs is 1. The van der Waals surface area contributed by atoms with E-state index in [4.69, 9.17) is 5.73 Å². The summed E-state index contributed by atoms with van der Waals surface area (Å²) in [6.45, 7) is 3.27. The highest BCUT2D eigenvalue weighted by atomic mass is 35.5. The first kappa shape index (κ1) is 27.1. The lowest BCUT2D eigenvalue weighted by Crippen LogP contribution is -2.38. The molecule has 3 N–H and O–H groups in total. The number of hydrogen-bond acceptors (Lipinski definition) is 2. The molecule has 186 valence electrons. The first-order valence-electron chi connectivity index (χ1n) is 12.8. The molecule has 0 amide bonds. The van der Waals surface area contributed by atoms with Crippen LogP contribution in [-0.2, 0) is 0 Å². The standard InChI is InChI=1S/C29H39N3.2ClH/c1-21-7-6-8-22(19-21)26(17-18-31-24-15-13-23(30)14-16-24)28-20-32(25-9-2-3-10-25)29-12-5-4-11-27(28)29;;/h4-8,11-12,19-20,23-26,31H,2-3,9-10,13-18,30H2,1H3;2*1H. The summed E-state index contributed by atoms with van der Waals surface area (Å²) in [5.74, 6) is 0.417. The van der Waals surface area contributed by atoms with Crippen LogP contribution in [0.15, 0.2) is 54.7 Å². The van der Waals surface area contributed by atoms with Crippen molar-refractivity contribution in [2.45, 2.75) is 88.8 Å². The van der Waals surface area contributed by atoms with E-state index in [0.717, 1.165) is 25.8 Å². The van der Waals surface area contributed by atoms with E-state index in [2.05, 4.69) is 71.5 Å². The van der Waals surface area contributed by atoms with Crippen LogP contribution in [0.2, 0.25) is 0 Å². The topological polar surface area (TPSA) is 43.0 Å². The Bertz CT molecular complexity index is 1030. The maximum absolute atomic E-state index is 6.12. The van der Waals surface area contributed by atoms with Crippen LogP contribution in [0.4, 0.5) is 0 Å². The lowest BCUT2D eigenvalue weighted by Gasteiger charge is -2.28. The van der Waals surface area contributed by atoms with Gasteiger partial charge < -0.3 is 15.6 Å². The second-order valence-corrected chi connectivity index (χ2v) is 10.3. The summed E-state index contributed by atoms with van der Waals surface area (Å²) >= 11 is 0. The van der Waals surface area contributed by atoms with Crippen molar-refractivity contribution in [3.8, 4) is 0 Å². The highest BCUT2D eigenvalue weighted by Gasteiger charge is 2.25. The van der Waals surface area contributed by atoms with Crippen LogP contribution in [0.1, 0.15) is 86.4 Å². The van der Waals surface area contributed by atoms with Crippen molar-refractivity contribution >= 4 is 35.7 Å². The Morgan fingerprint density at radius 2 is 1.68 bits per heavy atom. The Kier molecular flexibility index (Phi) is 9.91. The second-order valence-electron chi connectivity index (χ2n) is 10.3. The van der Waals surface area contributed by atoms with E-state index in [1.807, 2.05) is 0 Å². The average molecular weight is 503 g/mol. The summed E-state index contributed by atoms with van der Waals surface area (Å²) in [7, 11) is 0. The maximum atomic E-state index is 6.12. The molecule has 2 aliphatic rings. The van der Waals surface area contributed by atoms with Gasteiger partial charge in [0.2, 0.25) is 0 Å². The van der Waals surface area contributed by atoms with Crippen molar-refractivity contribution in [3.63, 3.8) is 0 Å². The van der Waals surface area contributed by atoms with Gasteiger partial charge in [-0.3, -0.25) is 0 Å². The first-order valence-corrected chi connectivity index (χ1v) is 12.8. The molecule has 0 radical (unpaired) electrons. The van der Waals surface area contributed by atoms with Gasteiger partial charge >= 0.3 is 0 Å². The molecule has 3 aromatic rings. The van der Waals surface area contributed by atoms with Crippen molar-refractivity contribution in [3.05, 3.63) is 71.4 Å². The minimum absolute atomic E-state index is 0. The molecule has 3 nitrogen and oxygen atoms in total. The van der Waals surface area contributed by atoms with Crippen LogP contribution in [0.3, 0.4) is 0 Å². The highest BCUT2D eigenvalue weighted by molar-refractivity contribution is 5.86. The molecule has 0 aliphatic heterocycles. The Morgan fingerprint density at radius 1 is 0.941 bits per heavy atom. The van der Waals surface area contributed by atoms with Gasteiger partial charge in [0.05, 0.1) is 0 Å². The predicted molar refractivity (Wildman–Crippen MR) is 150 cm³/mol. The lowest BCUT2D eigenvalue weighted by atomic mass is 9.87. The Labute approximate surface area is 217 Å². The maximum Gasteiger partial charge on any atom is 0.0485 e. The molecule has 5 heteroatoms. The van der Waals surface area contributed by atoms with E-state index in [0.29, 0.717) is 24.0 Å². The van der Waals surface area contributed by atoms with Crippen LogP contribution < -0.4 is 11.1 Å². The van der Waals surface area contributed by atoms with Crippen molar-refractivity contribution in [2.24, 2.45) is 5.73 Å². The fraction of sp³-hybridized carbons (Fsp3) is 0.517. The zero-order chi connectivity index (χ0) is 21.9. The number of hydrogen-bond donors (Lipinski definition) is 2. The van der Waals surface area contributed by atoms with Gasteiger partial charge in [0.25, 0.3) is 0 Å². The molecule has 1 aromatic heterocycles. The molecule has 0 saturated heterocycles. The molecule has 5 rings (SSSR count). The quantitative estimate of drug-likeness (QED) is 0.356. The number of para-hydroxylation sites is 1. The van der Waals surface area contributed by atoms with E-state index < -0.39 is 0 Å². The summed E-state index contributed by atoms with van der Waals surface area (Å²) in [6.07, 6.45) is 13.8. The van der Waals surface area contributed by atoms with Gasteiger partial charge in [-0.1, -0.05) is 60.9 Å². The molecular formula is C29H41Cl2N3. The summed E-state index contributed by atoms with van der Waals surface area (Å²) in [4.78, 5) is 0. The van der Waals surface area contributed by atoms with Crippen LogP contribution in [-0.4, -0.2) is 23.2 Å².